The normalized spacial score (nSPS) is 14.2. The fourth-order valence-corrected chi connectivity index (χ4v) is 3.12. The zero-order valence-electron chi connectivity index (χ0n) is 14.7. The van der Waals surface area contributed by atoms with Crippen molar-refractivity contribution in [1.82, 2.24) is 15.0 Å². The monoisotopic (exact) mass is 349 g/mol. The van der Waals surface area contributed by atoms with Gasteiger partial charge in [0.15, 0.2) is 0 Å². The summed E-state index contributed by atoms with van der Waals surface area (Å²) in [7, 11) is 1.61. The van der Waals surface area contributed by atoms with Crippen molar-refractivity contribution in [3.63, 3.8) is 0 Å². The number of nitrogens with zero attached hydrogens (tertiary/aromatic N) is 3. The summed E-state index contributed by atoms with van der Waals surface area (Å²) < 4.78 is 10.8. The molecule has 26 heavy (non-hydrogen) atoms. The Bertz CT molecular complexity index is 945. The minimum Gasteiger partial charge on any atom is -0.496 e. The molecule has 1 aliphatic rings. The SMILES string of the molecule is COc1ccccc1-c1noc(C2CN(C(=O)c3ccccc3C)C2)n1. The van der Waals surface area contributed by atoms with Crippen LogP contribution in [0.5, 0.6) is 5.75 Å². The number of carbonyl (C=O) groups is 1. The molecular formula is C20H19N3O3. The van der Waals surface area contributed by atoms with Crippen LogP contribution in [0.25, 0.3) is 11.4 Å². The van der Waals surface area contributed by atoms with Gasteiger partial charge in [-0.2, -0.15) is 4.98 Å². The molecule has 1 fully saturated rings. The molecule has 0 atom stereocenters. The minimum atomic E-state index is 0.0452. The Morgan fingerprint density at radius 1 is 1.15 bits per heavy atom. The van der Waals surface area contributed by atoms with Crippen molar-refractivity contribution in [3.8, 4) is 17.1 Å². The number of benzene rings is 2. The first-order valence-electron chi connectivity index (χ1n) is 8.49. The predicted molar refractivity (Wildman–Crippen MR) is 96.1 cm³/mol. The molecule has 132 valence electrons. The third-order valence-corrected chi connectivity index (χ3v) is 4.68. The Morgan fingerprint density at radius 3 is 2.65 bits per heavy atom. The van der Waals surface area contributed by atoms with E-state index in [1.165, 1.54) is 0 Å². The number of carbonyl (C=O) groups excluding carboxylic acids is 1. The molecule has 1 aliphatic heterocycles. The third-order valence-electron chi connectivity index (χ3n) is 4.68. The molecule has 6 nitrogen and oxygen atoms in total. The fourth-order valence-electron chi connectivity index (χ4n) is 3.12. The maximum absolute atomic E-state index is 12.6. The van der Waals surface area contributed by atoms with Crippen LogP contribution in [0.15, 0.2) is 53.1 Å². The summed E-state index contributed by atoms with van der Waals surface area (Å²) in [4.78, 5) is 18.9. The first-order valence-corrected chi connectivity index (χ1v) is 8.49. The molecule has 1 amide bonds. The molecule has 4 rings (SSSR count). The number of hydrogen-bond donors (Lipinski definition) is 0. The first-order chi connectivity index (χ1) is 12.7. The van der Waals surface area contributed by atoms with Crippen LogP contribution < -0.4 is 4.74 Å². The highest BCUT2D eigenvalue weighted by molar-refractivity contribution is 5.96. The number of ether oxygens (including phenoxy) is 1. The smallest absolute Gasteiger partial charge is 0.254 e. The molecular weight excluding hydrogens is 330 g/mol. The van der Waals surface area contributed by atoms with E-state index in [2.05, 4.69) is 10.1 Å². The van der Waals surface area contributed by atoms with Gasteiger partial charge in [0.2, 0.25) is 11.7 Å². The first kappa shape index (κ1) is 16.3. The Balaban J connectivity index is 1.46. The average Bonchev–Trinajstić information content (AvgIpc) is 3.10. The average molecular weight is 349 g/mol. The number of aryl methyl sites for hydroxylation is 1. The van der Waals surface area contributed by atoms with Gasteiger partial charge in [-0.1, -0.05) is 35.5 Å². The van der Waals surface area contributed by atoms with E-state index in [1.54, 1.807) is 12.0 Å². The summed E-state index contributed by atoms with van der Waals surface area (Å²) in [6, 6.07) is 15.2. The Labute approximate surface area is 151 Å². The highest BCUT2D eigenvalue weighted by atomic mass is 16.5. The van der Waals surface area contributed by atoms with E-state index in [0.717, 1.165) is 16.7 Å². The van der Waals surface area contributed by atoms with Crippen LogP contribution in [-0.4, -0.2) is 41.1 Å². The van der Waals surface area contributed by atoms with Crippen molar-refractivity contribution in [2.24, 2.45) is 0 Å². The molecule has 0 N–H and O–H groups in total. The molecule has 0 radical (unpaired) electrons. The lowest BCUT2D eigenvalue weighted by Crippen LogP contribution is -2.48. The molecule has 0 saturated carbocycles. The lowest BCUT2D eigenvalue weighted by molar-refractivity contribution is 0.0568. The van der Waals surface area contributed by atoms with E-state index in [9.17, 15) is 4.79 Å². The highest BCUT2D eigenvalue weighted by Gasteiger charge is 2.36. The third kappa shape index (κ3) is 2.83. The van der Waals surface area contributed by atoms with Gasteiger partial charge in [0.25, 0.3) is 5.91 Å². The van der Waals surface area contributed by atoms with Gasteiger partial charge < -0.3 is 14.2 Å². The van der Waals surface area contributed by atoms with Gasteiger partial charge in [0.05, 0.1) is 18.6 Å². The van der Waals surface area contributed by atoms with Crippen molar-refractivity contribution < 1.29 is 14.1 Å². The fraction of sp³-hybridized carbons (Fsp3) is 0.250. The van der Waals surface area contributed by atoms with E-state index >= 15 is 0 Å². The molecule has 0 aliphatic carbocycles. The Morgan fingerprint density at radius 2 is 1.88 bits per heavy atom. The Kier molecular flexibility index (Phi) is 4.16. The van der Waals surface area contributed by atoms with Crippen LogP contribution in [-0.2, 0) is 0 Å². The predicted octanol–water partition coefficient (Wildman–Crippen LogP) is 3.29. The molecule has 1 saturated heterocycles. The molecule has 2 aromatic carbocycles. The number of methoxy groups -OCH3 is 1. The van der Waals surface area contributed by atoms with Crippen molar-refractivity contribution in [3.05, 3.63) is 65.5 Å². The standard InChI is InChI=1S/C20H19N3O3/c1-13-7-3-4-8-15(13)20(24)23-11-14(12-23)19-21-18(22-26-19)16-9-5-6-10-17(16)25-2/h3-10,14H,11-12H2,1-2H3. The molecule has 0 bridgehead atoms. The van der Waals surface area contributed by atoms with Crippen LogP contribution in [0, 0.1) is 6.92 Å². The summed E-state index contributed by atoms with van der Waals surface area (Å²) >= 11 is 0. The van der Waals surface area contributed by atoms with Crippen LogP contribution >= 0.6 is 0 Å². The van der Waals surface area contributed by atoms with Gasteiger partial charge >= 0.3 is 0 Å². The van der Waals surface area contributed by atoms with Gasteiger partial charge in [-0.15, -0.1) is 0 Å². The second-order valence-electron chi connectivity index (χ2n) is 6.38. The number of aromatic nitrogens is 2. The lowest BCUT2D eigenvalue weighted by Gasteiger charge is -2.37. The van der Waals surface area contributed by atoms with Crippen molar-refractivity contribution in [1.29, 1.82) is 0 Å². The molecule has 1 aromatic heterocycles. The van der Waals surface area contributed by atoms with E-state index in [0.29, 0.717) is 30.6 Å². The highest BCUT2D eigenvalue weighted by Crippen LogP contribution is 2.31. The van der Waals surface area contributed by atoms with Gasteiger partial charge in [-0.25, -0.2) is 0 Å². The molecule has 0 spiro atoms. The summed E-state index contributed by atoms with van der Waals surface area (Å²) in [6.45, 7) is 3.11. The lowest BCUT2D eigenvalue weighted by atomic mass is 9.97. The molecule has 6 heteroatoms. The van der Waals surface area contributed by atoms with Crippen LogP contribution in [0.2, 0.25) is 0 Å². The number of likely N-dealkylation sites (tertiary alicyclic amines) is 1. The van der Waals surface area contributed by atoms with Crippen molar-refractivity contribution in [2.75, 3.05) is 20.2 Å². The topological polar surface area (TPSA) is 68.5 Å². The summed E-state index contributed by atoms with van der Waals surface area (Å²) in [5, 5.41) is 4.07. The Hall–Kier alpha value is -3.15. The van der Waals surface area contributed by atoms with Gasteiger partial charge in [-0.05, 0) is 30.7 Å². The number of para-hydroxylation sites is 1. The zero-order chi connectivity index (χ0) is 18.1. The van der Waals surface area contributed by atoms with Crippen LogP contribution in [0.3, 0.4) is 0 Å². The minimum absolute atomic E-state index is 0.0452. The molecule has 0 unspecified atom stereocenters. The van der Waals surface area contributed by atoms with E-state index < -0.39 is 0 Å². The van der Waals surface area contributed by atoms with Crippen LogP contribution in [0.4, 0.5) is 0 Å². The maximum Gasteiger partial charge on any atom is 0.254 e. The van der Waals surface area contributed by atoms with E-state index in [1.807, 2.05) is 55.5 Å². The second kappa shape index (κ2) is 6.63. The van der Waals surface area contributed by atoms with Gasteiger partial charge in [0, 0.05) is 18.7 Å². The summed E-state index contributed by atoms with van der Waals surface area (Å²) in [6.07, 6.45) is 0. The van der Waals surface area contributed by atoms with Crippen molar-refractivity contribution in [2.45, 2.75) is 12.8 Å². The zero-order valence-corrected chi connectivity index (χ0v) is 14.7. The van der Waals surface area contributed by atoms with Crippen LogP contribution in [0.1, 0.15) is 27.7 Å². The number of hydrogen-bond acceptors (Lipinski definition) is 5. The summed E-state index contributed by atoms with van der Waals surface area (Å²) in [5.41, 5.74) is 2.51. The number of amides is 1. The number of rotatable bonds is 4. The van der Waals surface area contributed by atoms with E-state index in [-0.39, 0.29) is 11.8 Å². The summed E-state index contributed by atoms with van der Waals surface area (Å²) in [5.74, 6) is 1.87. The second-order valence-corrected chi connectivity index (χ2v) is 6.38. The van der Waals surface area contributed by atoms with Gasteiger partial charge in [0.1, 0.15) is 5.75 Å². The van der Waals surface area contributed by atoms with Gasteiger partial charge in [-0.3, -0.25) is 4.79 Å². The molecule has 3 aromatic rings. The van der Waals surface area contributed by atoms with Crippen molar-refractivity contribution >= 4 is 5.91 Å². The quantitative estimate of drug-likeness (QED) is 0.723. The largest absolute Gasteiger partial charge is 0.496 e. The van der Waals surface area contributed by atoms with E-state index in [4.69, 9.17) is 9.26 Å². The molecule has 2 heterocycles. The maximum atomic E-state index is 12.6.